The molecule has 3 heterocycles. The van der Waals surface area contributed by atoms with E-state index in [0.29, 0.717) is 22.9 Å². The molecule has 2 N–H and O–H groups in total. The molecule has 0 aliphatic carbocycles. The Kier molecular flexibility index (Phi) is 3.43. The fourth-order valence-corrected chi connectivity index (χ4v) is 2.00. The number of nitrogens with zero attached hydrogens (tertiary/aromatic N) is 5. The second kappa shape index (κ2) is 5.54. The van der Waals surface area contributed by atoms with Gasteiger partial charge >= 0.3 is 0 Å². The number of hydrogen-bond donors (Lipinski definition) is 2. The van der Waals surface area contributed by atoms with Crippen molar-refractivity contribution in [3.63, 3.8) is 0 Å². The molecule has 3 rings (SSSR count). The largest absolute Gasteiger partial charge is 0.354 e. The Balaban J connectivity index is 2.15. The van der Waals surface area contributed by atoms with Gasteiger partial charge in [0.1, 0.15) is 6.07 Å². The van der Waals surface area contributed by atoms with Gasteiger partial charge in [0.05, 0.1) is 22.8 Å². The van der Waals surface area contributed by atoms with E-state index >= 15 is 0 Å². The van der Waals surface area contributed by atoms with Crippen LogP contribution in [0.3, 0.4) is 0 Å². The molecule has 7 nitrogen and oxygen atoms in total. The van der Waals surface area contributed by atoms with Crippen molar-refractivity contribution in [3.05, 3.63) is 30.2 Å². The molecule has 21 heavy (non-hydrogen) atoms. The van der Waals surface area contributed by atoms with Crippen molar-refractivity contribution in [2.45, 2.75) is 13.3 Å². The van der Waals surface area contributed by atoms with E-state index in [9.17, 15) is 0 Å². The van der Waals surface area contributed by atoms with Crippen LogP contribution in [0.5, 0.6) is 0 Å². The fourth-order valence-electron chi connectivity index (χ4n) is 2.00. The molecular formula is C14H13N7. The number of anilines is 1. The van der Waals surface area contributed by atoms with Gasteiger partial charge < -0.3 is 5.32 Å². The molecule has 0 aliphatic heterocycles. The molecule has 0 aromatic carbocycles. The first-order valence-corrected chi connectivity index (χ1v) is 6.62. The molecule has 0 spiro atoms. The Bertz CT molecular complexity index is 816. The van der Waals surface area contributed by atoms with E-state index in [1.54, 1.807) is 18.5 Å². The average molecular weight is 279 g/mol. The first-order chi connectivity index (χ1) is 10.3. The van der Waals surface area contributed by atoms with E-state index in [1.165, 1.54) is 6.20 Å². The zero-order valence-electron chi connectivity index (χ0n) is 11.5. The topological polar surface area (TPSA) is 103 Å². The number of nitrogens with one attached hydrogen (secondary N) is 2. The van der Waals surface area contributed by atoms with Crippen LogP contribution in [0.2, 0.25) is 0 Å². The highest BCUT2D eigenvalue weighted by Gasteiger charge is 2.12. The minimum Gasteiger partial charge on any atom is -0.354 e. The lowest BCUT2D eigenvalue weighted by molar-refractivity contribution is 0.955. The lowest BCUT2D eigenvalue weighted by atomic mass is 10.1. The molecular weight excluding hydrogens is 266 g/mol. The van der Waals surface area contributed by atoms with Gasteiger partial charge in [-0.1, -0.05) is 6.92 Å². The molecule has 0 bridgehead atoms. The summed E-state index contributed by atoms with van der Waals surface area (Å²) in [6, 6.07) is 3.84. The lowest BCUT2D eigenvalue weighted by Gasteiger charge is -2.07. The molecule has 0 saturated carbocycles. The van der Waals surface area contributed by atoms with E-state index < -0.39 is 0 Å². The minimum absolute atomic E-state index is 0.492. The summed E-state index contributed by atoms with van der Waals surface area (Å²) in [4.78, 5) is 13.0. The van der Waals surface area contributed by atoms with Crippen LogP contribution in [0.25, 0.3) is 22.3 Å². The van der Waals surface area contributed by atoms with Crippen LogP contribution in [-0.4, -0.2) is 31.7 Å². The smallest absolute Gasteiger partial charge is 0.225 e. The molecule has 0 fully saturated rings. The highest BCUT2D eigenvalue weighted by atomic mass is 15.2. The maximum absolute atomic E-state index is 9.00. The lowest BCUT2D eigenvalue weighted by Crippen LogP contribution is -2.05. The highest BCUT2D eigenvalue weighted by molar-refractivity contribution is 5.90. The Hall–Kier alpha value is -3.01. The van der Waals surface area contributed by atoms with Crippen LogP contribution in [0.15, 0.2) is 24.7 Å². The van der Waals surface area contributed by atoms with E-state index in [2.05, 4.69) is 43.5 Å². The van der Waals surface area contributed by atoms with Crippen LogP contribution in [-0.2, 0) is 0 Å². The number of H-pyrrole nitrogens is 1. The summed E-state index contributed by atoms with van der Waals surface area (Å²) in [5.41, 5.74) is 2.62. The molecule has 0 aliphatic rings. The van der Waals surface area contributed by atoms with Gasteiger partial charge in [0.25, 0.3) is 0 Å². The molecule has 0 radical (unpaired) electrons. The van der Waals surface area contributed by atoms with Gasteiger partial charge in [0.2, 0.25) is 5.95 Å². The maximum atomic E-state index is 9.00. The van der Waals surface area contributed by atoms with Gasteiger partial charge in [-0.25, -0.2) is 4.98 Å². The van der Waals surface area contributed by atoms with Crippen molar-refractivity contribution >= 4 is 17.0 Å². The molecule has 0 unspecified atom stereocenters. The molecule has 3 aromatic heterocycles. The third-order valence-electron chi connectivity index (χ3n) is 2.98. The van der Waals surface area contributed by atoms with Crippen molar-refractivity contribution in [1.82, 2.24) is 25.1 Å². The summed E-state index contributed by atoms with van der Waals surface area (Å²) in [5, 5.41) is 19.8. The zero-order chi connectivity index (χ0) is 14.7. The third-order valence-corrected chi connectivity index (χ3v) is 2.98. The summed E-state index contributed by atoms with van der Waals surface area (Å²) in [6.07, 6.45) is 5.85. The Morgan fingerprint density at radius 3 is 3.00 bits per heavy atom. The SMILES string of the molecule is CCCNc1nc(-c2cncc(C#N)c2)c2cn[nH]c2n1. The van der Waals surface area contributed by atoms with Crippen molar-refractivity contribution in [3.8, 4) is 17.3 Å². The van der Waals surface area contributed by atoms with Crippen LogP contribution in [0, 0.1) is 11.3 Å². The predicted molar refractivity (Wildman–Crippen MR) is 78.4 cm³/mol. The first-order valence-electron chi connectivity index (χ1n) is 6.62. The summed E-state index contributed by atoms with van der Waals surface area (Å²) in [5.74, 6) is 0.533. The second-order valence-electron chi connectivity index (χ2n) is 4.53. The number of aromatic nitrogens is 5. The summed E-state index contributed by atoms with van der Waals surface area (Å²) in [7, 11) is 0. The van der Waals surface area contributed by atoms with Crippen molar-refractivity contribution in [1.29, 1.82) is 5.26 Å². The molecule has 104 valence electrons. The van der Waals surface area contributed by atoms with E-state index in [1.807, 2.05) is 0 Å². The standard InChI is InChI=1S/C14H13N7/c1-2-3-17-14-19-12(11-8-18-21-13(11)20-14)10-4-9(5-15)6-16-7-10/h4,6-8H,2-3H2,1H3,(H2,17,18,19,20,21). The van der Waals surface area contributed by atoms with Gasteiger partial charge in [-0.15, -0.1) is 0 Å². The Labute approximate surface area is 121 Å². The summed E-state index contributed by atoms with van der Waals surface area (Å²) in [6.45, 7) is 2.86. The van der Waals surface area contributed by atoms with Gasteiger partial charge in [0, 0.05) is 24.5 Å². The number of pyridine rings is 1. The molecule has 0 amide bonds. The number of aromatic amines is 1. The van der Waals surface area contributed by atoms with Crippen LogP contribution in [0.1, 0.15) is 18.9 Å². The van der Waals surface area contributed by atoms with E-state index in [4.69, 9.17) is 5.26 Å². The maximum Gasteiger partial charge on any atom is 0.225 e. The fraction of sp³-hybridized carbons (Fsp3) is 0.214. The molecule has 0 saturated heterocycles. The first kappa shape index (κ1) is 13.0. The highest BCUT2D eigenvalue weighted by Crippen LogP contribution is 2.26. The molecule has 3 aromatic rings. The number of nitriles is 1. The summed E-state index contributed by atoms with van der Waals surface area (Å²) >= 11 is 0. The van der Waals surface area contributed by atoms with Crippen molar-refractivity contribution in [2.75, 3.05) is 11.9 Å². The number of fused-ring (bicyclic) bond motifs is 1. The van der Waals surface area contributed by atoms with E-state index in [0.717, 1.165) is 23.9 Å². The molecule has 7 heteroatoms. The van der Waals surface area contributed by atoms with Gasteiger partial charge in [0.15, 0.2) is 5.65 Å². The average Bonchev–Trinajstić information content (AvgIpc) is 3.00. The van der Waals surface area contributed by atoms with Gasteiger partial charge in [-0.2, -0.15) is 15.3 Å². The number of hydrogen-bond acceptors (Lipinski definition) is 6. The third kappa shape index (κ3) is 2.51. The zero-order valence-corrected chi connectivity index (χ0v) is 11.5. The predicted octanol–water partition coefficient (Wildman–Crippen LogP) is 2.11. The van der Waals surface area contributed by atoms with Crippen LogP contribution >= 0.6 is 0 Å². The quantitative estimate of drug-likeness (QED) is 0.758. The molecule has 0 atom stereocenters. The normalized spacial score (nSPS) is 10.5. The number of rotatable bonds is 4. The monoisotopic (exact) mass is 279 g/mol. The van der Waals surface area contributed by atoms with E-state index in [-0.39, 0.29) is 0 Å². The Morgan fingerprint density at radius 1 is 1.29 bits per heavy atom. The summed E-state index contributed by atoms with van der Waals surface area (Å²) < 4.78 is 0. The van der Waals surface area contributed by atoms with Crippen molar-refractivity contribution in [2.24, 2.45) is 0 Å². The van der Waals surface area contributed by atoms with Crippen molar-refractivity contribution < 1.29 is 0 Å². The van der Waals surface area contributed by atoms with Crippen LogP contribution in [0.4, 0.5) is 5.95 Å². The Morgan fingerprint density at radius 2 is 2.19 bits per heavy atom. The van der Waals surface area contributed by atoms with Gasteiger partial charge in [-0.3, -0.25) is 10.1 Å². The van der Waals surface area contributed by atoms with Gasteiger partial charge in [-0.05, 0) is 12.5 Å². The minimum atomic E-state index is 0.492. The second-order valence-corrected chi connectivity index (χ2v) is 4.53. The van der Waals surface area contributed by atoms with Crippen LogP contribution < -0.4 is 5.32 Å².